The van der Waals surface area contributed by atoms with Crippen LogP contribution in [0.25, 0.3) is 0 Å². The molecule has 3 rings (SSSR count). The van der Waals surface area contributed by atoms with Gasteiger partial charge in [0.15, 0.2) is 5.13 Å². The zero-order valence-corrected chi connectivity index (χ0v) is 15.8. The first kappa shape index (κ1) is 18.5. The molecule has 1 N–H and O–H groups in total. The molecule has 0 unspecified atom stereocenters. The Morgan fingerprint density at radius 3 is 2.54 bits per heavy atom. The second-order valence-corrected chi connectivity index (χ2v) is 7.40. The summed E-state index contributed by atoms with van der Waals surface area (Å²) in [5.74, 6) is -0.0842. The molecule has 2 aromatic rings. The minimum Gasteiger partial charge on any atom is -0.302 e. The molecule has 1 aromatic carbocycles. The number of carbonyl (C=O) groups is 1. The quantitative estimate of drug-likeness (QED) is 0.877. The standard InChI is InChI=1S/C19H23N5OS/c1-15(25)21-19-22-18(14-26-19)13-24-8-2-7-23(9-10-24)12-17-5-3-16(11-20)4-6-17/h3-6,14H,2,7-10,12-13H2,1H3,(H,21,22,25). The van der Waals surface area contributed by atoms with E-state index in [0.29, 0.717) is 10.7 Å². The predicted molar refractivity (Wildman–Crippen MR) is 103 cm³/mol. The summed E-state index contributed by atoms with van der Waals surface area (Å²) >= 11 is 1.47. The number of anilines is 1. The molecule has 1 fully saturated rings. The fraction of sp³-hybridized carbons (Fsp3) is 0.421. The average Bonchev–Trinajstić information content (AvgIpc) is 2.93. The molecule has 0 saturated carbocycles. The largest absolute Gasteiger partial charge is 0.302 e. The Labute approximate surface area is 158 Å². The summed E-state index contributed by atoms with van der Waals surface area (Å²) in [6, 6.07) is 10.0. The van der Waals surface area contributed by atoms with Crippen LogP contribution in [0.5, 0.6) is 0 Å². The molecule has 0 radical (unpaired) electrons. The molecule has 0 aliphatic carbocycles. The number of nitrogens with one attached hydrogen (secondary N) is 1. The molecule has 0 atom stereocenters. The Morgan fingerprint density at radius 1 is 1.19 bits per heavy atom. The number of nitrogens with zero attached hydrogens (tertiary/aromatic N) is 4. The number of rotatable bonds is 5. The molecule has 1 aliphatic rings. The van der Waals surface area contributed by atoms with Gasteiger partial charge in [0.05, 0.1) is 17.3 Å². The summed E-state index contributed by atoms with van der Waals surface area (Å²) in [4.78, 5) is 20.5. The van der Waals surface area contributed by atoms with Crippen LogP contribution in [0.4, 0.5) is 5.13 Å². The first-order valence-electron chi connectivity index (χ1n) is 8.78. The second-order valence-electron chi connectivity index (χ2n) is 6.54. The van der Waals surface area contributed by atoms with E-state index in [2.05, 4.69) is 26.2 Å². The van der Waals surface area contributed by atoms with Crippen molar-refractivity contribution in [3.8, 4) is 6.07 Å². The van der Waals surface area contributed by atoms with Gasteiger partial charge in [-0.3, -0.25) is 14.6 Å². The van der Waals surface area contributed by atoms with Crippen LogP contribution in [0.3, 0.4) is 0 Å². The maximum Gasteiger partial charge on any atom is 0.223 e. The van der Waals surface area contributed by atoms with E-state index in [1.54, 1.807) is 0 Å². The number of aromatic nitrogens is 1. The van der Waals surface area contributed by atoms with Gasteiger partial charge < -0.3 is 5.32 Å². The molecule has 1 saturated heterocycles. The number of hydrogen-bond donors (Lipinski definition) is 1. The topological polar surface area (TPSA) is 72.3 Å². The fourth-order valence-electron chi connectivity index (χ4n) is 3.10. The number of amides is 1. The van der Waals surface area contributed by atoms with E-state index in [9.17, 15) is 4.79 Å². The Hall–Kier alpha value is -2.27. The van der Waals surface area contributed by atoms with E-state index in [1.807, 2.05) is 29.6 Å². The maximum atomic E-state index is 11.1. The van der Waals surface area contributed by atoms with Crippen LogP contribution in [0, 0.1) is 11.3 Å². The lowest BCUT2D eigenvalue weighted by Crippen LogP contribution is -2.30. The summed E-state index contributed by atoms with van der Waals surface area (Å²) in [5, 5.41) is 14.3. The molecule has 26 heavy (non-hydrogen) atoms. The van der Waals surface area contributed by atoms with Crippen molar-refractivity contribution in [3.05, 3.63) is 46.5 Å². The van der Waals surface area contributed by atoms with Gasteiger partial charge >= 0.3 is 0 Å². The number of carbonyl (C=O) groups excluding carboxylic acids is 1. The van der Waals surface area contributed by atoms with Gasteiger partial charge in [-0.05, 0) is 37.2 Å². The van der Waals surface area contributed by atoms with E-state index in [1.165, 1.54) is 23.8 Å². The van der Waals surface area contributed by atoms with Gasteiger partial charge in [0.25, 0.3) is 0 Å². The molecular formula is C19H23N5OS. The van der Waals surface area contributed by atoms with Crippen molar-refractivity contribution in [1.82, 2.24) is 14.8 Å². The highest BCUT2D eigenvalue weighted by Crippen LogP contribution is 2.18. The van der Waals surface area contributed by atoms with Crippen LogP contribution in [0.15, 0.2) is 29.6 Å². The first-order chi connectivity index (χ1) is 12.6. The van der Waals surface area contributed by atoms with Crippen molar-refractivity contribution < 1.29 is 4.79 Å². The number of hydrogen-bond acceptors (Lipinski definition) is 6. The van der Waals surface area contributed by atoms with Gasteiger partial charge in [-0.25, -0.2) is 4.98 Å². The summed E-state index contributed by atoms with van der Waals surface area (Å²) in [6.07, 6.45) is 1.12. The van der Waals surface area contributed by atoms with Gasteiger partial charge in [-0.15, -0.1) is 11.3 Å². The maximum absolute atomic E-state index is 11.1. The summed E-state index contributed by atoms with van der Waals surface area (Å²) in [5.41, 5.74) is 2.97. The Balaban J connectivity index is 1.50. The van der Waals surface area contributed by atoms with E-state index in [0.717, 1.165) is 51.4 Å². The molecule has 2 heterocycles. The molecule has 136 valence electrons. The number of thiazole rings is 1. The highest BCUT2D eigenvalue weighted by molar-refractivity contribution is 7.13. The van der Waals surface area contributed by atoms with Crippen molar-refractivity contribution in [1.29, 1.82) is 5.26 Å². The zero-order chi connectivity index (χ0) is 18.4. The fourth-order valence-corrected chi connectivity index (χ4v) is 3.85. The van der Waals surface area contributed by atoms with Crippen molar-refractivity contribution in [2.24, 2.45) is 0 Å². The molecular weight excluding hydrogens is 346 g/mol. The smallest absolute Gasteiger partial charge is 0.223 e. The van der Waals surface area contributed by atoms with Gasteiger partial charge in [0, 0.05) is 38.5 Å². The summed E-state index contributed by atoms with van der Waals surface area (Å²) in [6.45, 7) is 7.38. The van der Waals surface area contributed by atoms with Gasteiger partial charge in [-0.2, -0.15) is 5.26 Å². The van der Waals surface area contributed by atoms with E-state index < -0.39 is 0 Å². The van der Waals surface area contributed by atoms with Crippen LogP contribution in [0.1, 0.15) is 30.2 Å². The van der Waals surface area contributed by atoms with Crippen molar-refractivity contribution in [2.45, 2.75) is 26.4 Å². The third kappa shape index (κ3) is 5.36. The van der Waals surface area contributed by atoms with Gasteiger partial charge in [0.2, 0.25) is 5.91 Å². The number of benzene rings is 1. The van der Waals surface area contributed by atoms with Crippen LogP contribution in [-0.2, 0) is 17.9 Å². The lowest BCUT2D eigenvalue weighted by molar-refractivity contribution is -0.114. The molecule has 6 nitrogen and oxygen atoms in total. The Bertz CT molecular complexity index is 780. The third-order valence-electron chi connectivity index (χ3n) is 4.39. The predicted octanol–water partition coefficient (Wildman–Crippen LogP) is 2.68. The monoisotopic (exact) mass is 369 g/mol. The van der Waals surface area contributed by atoms with Crippen molar-refractivity contribution in [2.75, 3.05) is 31.5 Å². The minimum atomic E-state index is -0.0842. The van der Waals surface area contributed by atoms with Crippen LogP contribution < -0.4 is 5.32 Å². The normalized spacial score (nSPS) is 16.0. The van der Waals surface area contributed by atoms with Gasteiger partial charge in [0.1, 0.15) is 0 Å². The van der Waals surface area contributed by atoms with E-state index in [4.69, 9.17) is 5.26 Å². The van der Waals surface area contributed by atoms with E-state index >= 15 is 0 Å². The Kier molecular flexibility index (Phi) is 6.34. The lowest BCUT2D eigenvalue weighted by atomic mass is 10.1. The highest BCUT2D eigenvalue weighted by atomic mass is 32.1. The van der Waals surface area contributed by atoms with Gasteiger partial charge in [-0.1, -0.05) is 12.1 Å². The van der Waals surface area contributed by atoms with E-state index in [-0.39, 0.29) is 5.91 Å². The average molecular weight is 369 g/mol. The van der Waals surface area contributed by atoms with Crippen molar-refractivity contribution in [3.63, 3.8) is 0 Å². The first-order valence-corrected chi connectivity index (χ1v) is 9.66. The molecule has 1 amide bonds. The Morgan fingerprint density at radius 2 is 1.88 bits per heavy atom. The van der Waals surface area contributed by atoms with Crippen LogP contribution in [0.2, 0.25) is 0 Å². The molecule has 1 aliphatic heterocycles. The van der Waals surface area contributed by atoms with Crippen LogP contribution >= 0.6 is 11.3 Å². The second kappa shape index (κ2) is 8.90. The van der Waals surface area contributed by atoms with Crippen LogP contribution in [-0.4, -0.2) is 46.9 Å². The molecule has 1 aromatic heterocycles. The highest BCUT2D eigenvalue weighted by Gasteiger charge is 2.16. The third-order valence-corrected chi connectivity index (χ3v) is 5.20. The zero-order valence-electron chi connectivity index (χ0n) is 14.9. The lowest BCUT2D eigenvalue weighted by Gasteiger charge is -2.21. The molecule has 0 spiro atoms. The SMILES string of the molecule is CC(=O)Nc1nc(CN2CCCN(Cc3ccc(C#N)cc3)CC2)cs1. The summed E-state index contributed by atoms with van der Waals surface area (Å²) in [7, 11) is 0. The van der Waals surface area contributed by atoms with Crippen molar-refractivity contribution >= 4 is 22.4 Å². The molecule has 0 bridgehead atoms. The minimum absolute atomic E-state index is 0.0842. The summed E-state index contributed by atoms with van der Waals surface area (Å²) < 4.78 is 0. The number of nitriles is 1. The molecule has 7 heteroatoms.